The standard InChI is InChI=1S/C30H39FN6O/c1-23(2)26-7-3-24(4-8-26)20-35-15-17-37(18-16-35)30-32-28(19-29(38)33-30)22-36-13-11-34(12-14-36)21-25-5-9-27(31)10-6-25/h3-10,19,23H,11-18,20-22H2,1-2H3,(H,32,33,38). The Balaban J connectivity index is 1.11. The summed E-state index contributed by atoms with van der Waals surface area (Å²) in [5, 5.41) is 0. The Hall–Kier alpha value is -3.07. The number of nitrogens with one attached hydrogen (secondary N) is 1. The summed E-state index contributed by atoms with van der Waals surface area (Å²) in [7, 11) is 0. The van der Waals surface area contributed by atoms with Crippen molar-refractivity contribution in [2.45, 2.75) is 39.4 Å². The van der Waals surface area contributed by atoms with Crippen LogP contribution < -0.4 is 10.5 Å². The van der Waals surface area contributed by atoms with Crippen molar-refractivity contribution in [3.8, 4) is 0 Å². The Morgan fingerprint density at radius 3 is 1.82 bits per heavy atom. The van der Waals surface area contributed by atoms with E-state index in [0.717, 1.165) is 76.7 Å². The lowest BCUT2D eigenvalue weighted by Gasteiger charge is -2.36. The first kappa shape index (κ1) is 26.5. The predicted molar refractivity (Wildman–Crippen MR) is 150 cm³/mol. The van der Waals surface area contributed by atoms with Crippen LogP contribution in [0.15, 0.2) is 59.4 Å². The second kappa shape index (κ2) is 12.2. The van der Waals surface area contributed by atoms with Crippen molar-refractivity contribution in [1.29, 1.82) is 0 Å². The highest BCUT2D eigenvalue weighted by Crippen LogP contribution is 2.18. The van der Waals surface area contributed by atoms with Gasteiger partial charge in [0.15, 0.2) is 0 Å². The second-order valence-corrected chi connectivity index (χ2v) is 10.9. The van der Waals surface area contributed by atoms with Crippen LogP contribution in [-0.4, -0.2) is 77.0 Å². The fourth-order valence-corrected chi connectivity index (χ4v) is 5.29. The number of H-pyrrole nitrogens is 1. The fourth-order valence-electron chi connectivity index (χ4n) is 5.29. The zero-order chi connectivity index (χ0) is 26.5. The monoisotopic (exact) mass is 518 g/mol. The summed E-state index contributed by atoms with van der Waals surface area (Å²) >= 11 is 0. The maximum absolute atomic E-state index is 13.2. The molecule has 1 aromatic heterocycles. The molecule has 0 radical (unpaired) electrons. The smallest absolute Gasteiger partial charge is 0.252 e. The minimum Gasteiger partial charge on any atom is -0.340 e. The number of hydrogen-bond acceptors (Lipinski definition) is 6. The molecule has 0 amide bonds. The molecule has 38 heavy (non-hydrogen) atoms. The van der Waals surface area contributed by atoms with Crippen molar-refractivity contribution in [3.05, 3.63) is 93.2 Å². The number of rotatable bonds is 8. The number of aromatic amines is 1. The van der Waals surface area contributed by atoms with Gasteiger partial charge < -0.3 is 4.90 Å². The Morgan fingerprint density at radius 2 is 1.26 bits per heavy atom. The van der Waals surface area contributed by atoms with Gasteiger partial charge in [-0.1, -0.05) is 50.2 Å². The van der Waals surface area contributed by atoms with Crippen molar-refractivity contribution >= 4 is 5.95 Å². The molecule has 3 aromatic rings. The molecular weight excluding hydrogens is 479 g/mol. The molecule has 0 saturated carbocycles. The lowest BCUT2D eigenvalue weighted by Crippen LogP contribution is -2.47. The van der Waals surface area contributed by atoms with Gasteiger partial charge in [-0.25, -0.2) is 9.37 Å². The van der Waals surface area contributed by atoms with E-state index in [1.807, 2.05) is 12.1 Å². The molecule has 2 saturated heterocycles. The molecule has 202 valence electrons. The quantitative estimate of drug-likeness (QED) is 0.491. The molecule has 0 unspecified atom stereocenters. The van der Waals surface area contributed by atoms with Crippen LogP contribution in [0.25, 0.3) is 0 Å². The zero-order valence-corrected chi connectivity index (χ0v) is 22.6. The molecule has 5 rings (SSSR count). The molecule has 7 nitrogen and oxygen atoms in total. The van der Waals surface area contributed by atoms with E-state index >= 15 is 0 Å². The van der Waals surface area contributed by atoms with Crippen LogP contribution in [0, 0.1) is 5.82 Å². The summed E-state index contributed by atoms with van der Waals surface area (Å²) in [6.45, 7) is 14.2. The third-order valence-corrected chi connectivity index (χ3v) is 7.68. The maximum atomic E-state index is 13.2. The largest absolute Gasteiger partial charge is 0.340 e. The molecule has 0 aliphatic carbocycles. The van der Waals surface area contributed by atoms with E-state index < -0.39 is 0 Å². The average molecular weight is 519 g/mol. The van der Waals surface area contributed by atoms with E-state index in [1.165, 1.54) is 23.3 Å². The highest BCUT2D eigenvalue weighted by Gasteiger charge is 2.21. The van der Waals surface area contributed by atoms with Crippen LogP contribution in [0.4, 0.5) is 10.3 Å². The lowest BCUT2D eigenvalue weighted by molar-refractivity contribution is 0.121. The first-order valence-corrected chi connectivity index (χ1v) is 13.8. The molecule has 0 spiro atoms. The molecule has 1 N–H and O–H groups in total. The Bertz CT molecular complexity index is 1230. The van der Waals surface area contributed by atoms with Gasteiger partial charge >= 0.3 is 0 Å². The summed E-state index contributed by atoms with van der Waals surface area (Å²) in [5.74, 6) is 1.04. The minimum atomic E-state index is -0.197. The van der Waals surface area contributed by atoms with E-state index in [9.17, 15) is 9.18 Å². The summed E-state index contributed by atoms with van der Waals surface area (Å²) in [6.07, 6.45) is 0. The van der Waals surface area contributed by atoms with Gasteiger partial charge in [-0.3, -0.25) is 24.5 Å². The first-order chi connectivity index (χ1) is 18.4. The van der Waals surface area contributed by atoms with Gasteiger partial charge in [0.2, 0.25) is 5.95 Å². The van der Waals surface area contributed by atoms with Crippen molar-refractivity contribution in [3.63, 3.8) is 0 Å². The van der Waals surface area contributed by atoms with E-state index in [-0.39, 0.29) is 11.4 Å². The van der Waals surface area contributed by atoms with Crippen LogP contribution in [0.1, 0.15) is 42.1 Å². The summed E-state index contributed by atoms with van der Waals surface area (Å²) < 4.78 is 13.2. The van der Waals surface area contributed by atoms with E-state index in [2.05, 4.69) is 62.7 Å². The average Bonchev–Trinajstić information content (AvgIpc) is 2.91. The number of halogens is 1. The van der Waals surface area contributed by atoms with Crippen LogP contribution in [-0.2, 0) is 19.6 Å². The normalized spacial score (nSPS) is 17.8. The number of aromatic nitrogens is 2. The second-order valence-electron chi connectivity index (χ2n) is 10.9. The van der Waals surface area contributed by atoms with E-state index in [0.29, 0.717) is 18.4 Å². The zero-order valence-electron chi connectivity index (χ0n) is 22.6. The topological polar surface area (TPSA) is 58.7 Å². The third-order valence-electron chi connectivity index (χ3n) is 7.68. The molecule has 0 atom stereocenters. The van der Waals surface area contributed by atoms with Gasteiger partial charge in [-0.2, -0.15) is 0 Å². The summed E-state index contributed by atoms with van der Waals surface area (Å²) in [6, 6.07) is 17.3. The van der Waals surface area contributed by atoms with Crippen LogP contribution in [0.2, 0.25) is 0 Å². The van der Waals surface area contributed by atoms with Gasteiger partial charge in [0, 0.05) is 78.1 Å². The SMILES string of the molecule is CC(C)c1ccc(CN2CCN(c3nc(CN4CCN(Cc5ccc(F)cc5)CC4)cc(=O)[nH]3)CC2)cc1. The Kier molecular flexibility index (Phi) is 8.51. The van der Waals surface area contributed by atoms with Gasteiger partial charge in [0.1, 0.15) is 5.82 Å². The summed E-state index contributed by atoms with van der Waals surface area (Å²) in [4.78, 5) is 29.7. The van der Waals surface area contributed by atoms with Crippen molar-refractivity contribution < 1.29 is 4.39 Å². The molecular formula is C30H39FN6O. The summed E-state index contributed by atoms with van der Waals surface area (Å²) in [5.41, 5.74) is 4.58. The van der Waals surface area contributed by atoms with Gasteiger partial charge in [0.25, 0.3) is 5.56 Å². The van der Waals surface area contributed by atoms with Gasteiger partial charge in [-0.05, 0) is 34.7 Å². The van der Waals surface area contributed by atoms with Gasteiger partial charge in [-0.15, -0.1) is 0 Å². The van der Waals surface area contributed by atoms with E-state index in [4.69, 9.17) is 4.98 Å². The molecule has 8 heteroatoms. The number of benzene rings is 2. The van der Waals surface area contributed by atoms with E-state index in [1.54, 1.807) is 6.07 Å². The number of hydrogen-bond donors (Lipinski definition) is 1. The van der Waals surface area contributed by atoms with Crippen molar-refractivity contribution in [1.82, 2.24) is 24.7 Å². The predicted octanol–water partition coefficient (Wildman–Crippen LogP) is 3.67. The van der Waals surface area contributed by atoms with Gasteiger partial charge in [0.05, 0.1) is 5.69 Å². The Morgan fingerprint density at radius 1 is 0.763 bits per heavy atom. The minimum absolute atomic E-state index is 0.0902. The van der Waals surface area contributed by atoms with Crippen LogP contribution >= 0.6 is 0 Å². The molecule has 3 heterocycles. The maximum Gasteiger partial charge on any atom is 0.252 e. The highest BCUT2D eigenvalue weighted by molar-refractivity contribution is 5.31. The third kappa shape index (κ3) is 7.07. The van der Waals surface area contributed by atoms with Crippen LogP contribution in [0.3, 0.4) is 0 Å². The molecule has 2 fully saturated rings. The van der Waals surface area contributed by atoms with Crippen molar-refractivity contribution in [2.75, 3.05) is 57.3 Å². The highest BCUT2D eigenvalue weighted by atomic mass is 19.1. The number of piperazine rings is 2. The molecule has 2 aliphatic heterocycles. The lowest BCUT2D eigenvalue weighted by atomic mass is 10.0. The fraction of sp³-hybridized carbons (Fsp3) is 0.467. The molecule has 2 aromatic carbocycles. The number of nitrogens with zero attached hydrogens (tertiary/aromatic N) is 5. The van der Waals surface area contributed by atoms with Crippen molar-refractivity contribution in [2.24, 2.45) is 0 Å². The molecule has 2 aliphatic rings. The first-order valence-electron chi connectivity index (χ1n) is 13.8. The Labute approximate surface area is 224 Å². The number of anilines is 1. The van der Waals surface area contributed by atoms with Crippen LogP contribution in [0.5, 0.6) is 0 Å². The molecule has 0 bridgehead atoms.